The molecular weight excluding hydrogens is 162 g/mol. The summed E-state index contributed by atoms with van der Waals surface area (Å²) in [7, 11) is 0. The summed E-state index contributed by atoms with van der Waals surface area (Å²) in [5.74, 6) is 0. The molecule has 0 bridgehead atoms. The molecule has 0 saturated carbocycles. The van der Waals surface area contributed by atoms with Gasteiger partial charge < -0.3 is 4.28 Å². The Balaban J connectivity index is -0.000000000500. The van der Waals surface area contributed by atoms with Crippen molar-refractivity contribution >= 4 is 16.7 Å². The van der Waals surface area contributed by atoms with Crippen molar-refractivity contribution in [3.63, 3.8) is 0 Å². The zero-order valence-corrected chi connectivity index (χ0v) is 5.00. The Bertz CT molecular complexity index is 14.9. The molecule has 0 aliphatic heterocycles. The van der Waals surface area contributed by atoms with Crippen LogP contribution in [0.3, 0.4) is 0 Å². The number of hydrogen-bond donors (Lipinski definition) is 0. The molecule has 4 heavy (non-hydrogen) atoms. The standard InChI is InChI=1S/CO.H3P.Rh.3H/c1-2;;;;;/h;1H3;;;;/q;;+3;3*-1. The Labute approximate surface area is 46.0 Å². The molecule has 0 aliphatic rings. The Morgan fingerprint density at radius 1 is 1.50 bits per heavy atom. The van der Waals surface area contributed by atoms with Gasteiger partial charge in [0.25, 0.3) is 6.79 Å². The normalized spacial score (nSPS) is 1.00. The predicted molar refractivity (Wildman–Crippen MR) is 20.1 cm³/mol. The molecule has 0 N–H and O–H groups in total. The second-order valence-electron chi connectivity index (χ2n) is 0. The molecule has 0 heterocycles. The van der Waals surface area contributed by atoms with Crippen LogP contribution in [0.15, 0.2) is 0 Å². The van der Waals surface area contributed by atoms with Gasteiger partial charge in [-0.15, -0.1) is 0 Å². The van der Waals surface area contributed by atoms with Crippen molar-refractivity contribution in [2.45, 2.75) is 0 Å². The topological polar surface area (TPSA) is 17.1 Å². The first-order valence-corrected chi connectivity index (χ1v) is 0.204. The van der Waals surface area contributed by atoms with Crippen molar-refractivity contribution in [2.75, 3.05) is 0 Å². The van der Waals surface area contributed by atoms with E-state index in [4.69, 9.17) is 4.79 Å². The molecule has 1 nitrogen and oxygen atoms in total. The van der Waals surface area contributed by atoms with Gasteiger partial charge in [0.05, 0.1) is 0 Å². The third kappa shape index (κ3) is 15.5. The van der Waals surface area contributed by atoms with Gasteiger partial charge in [0, 0.05) is 0 Å². The summed E-state index contributed by atoms with van der Waals surface area (Å²) in [6.45, 7) is 4.50. The molecule has 0 amide bonds. The van der Waals surface area contributed by atoms with Gasteiger partial charge in [0.15, 0.2) is 0 Å². The molecule has 0 rings (SSSR count). The molecule has 0 aliphatic carbocycles. The van der Waals surface area contributed by atoms with Gasteiger partial charge >= 0.3 is 19.5 Å². The Morgan fingerprint density at radius 3 is 1.50 bits per heavy atom. The minimum Gasteiger partial charge on any atom is -1.00 e. The number of hydrogen-bond acceptors (Lipinski definition) is 1. The summed E-state index contributed by atoms with van der Waals surface area (Å²) in [5.41, 5.74) is 0. The Kier molecular flexibility index (Phi) is 291. The van der Waals surface area contributed by atoms with Gasteiger partial charge in [-0.05, 0) is 0 Å². The molecule has 0 aromatic rings. The van der Waals surface area contributed by atoms with E-state index >= 15 is 0 Å². The Hall–Kier alpha value is 0.723. The van der Waals surface area contributed by atoms with Crippen molar-refractivity contribution < 1.29 is 28.6 Å². The fourth-order valence-corrected chi connectivity index (χ4v) is 0. The summed E-state index contributed by atoms with van der Waals surface area (Å²) in [4.78, 5) is 7.50. The molecule has 0 aromatic heterocycles. The van der Waals surface area contributed by atoms with E-state index in [-0.39, 0.29) is 33.7 Å². The Morgan fingerprint density at radius 2 is 1.50 bits per heavy atom. The van der Waals surface area contributed by atoms with Crippen LogP contribution in [0.25, 0.3) is 0 Å². The van der Waals surface area contributed by atoms with Crippen LogP contribution in [0.1, 0.15) is 4.28 Å². The van der Waals surface area contributed by atoms with Crippen LogP contribution >= 0.6 is 9.90 Å². The zero-order chi connectivity index (χ0) is 2.00. The van der Waals surface area contributed by atoms with Crippen LogP contribution in [0.5, 0.6) is 0 Å². The molecule has 1 atom stereocenters. The van der Waals surface area contributed by atoms with Crippen LogP contribution in [-0.2, 0) is 24.3 Å². The third-order valence-electron chi connectivity index (χ3n) is 0. The second kappa shape index (κ2) is 52.8. The van der Waals surface area contributed by atoms with E-state index in [0.29, 0.717) is 0 Å². The molecule has 30 valence electrons. The van der Waals surface area contributed by atoms with Crippen molar-refractivity contribution in [1.82, 2.24) is 0 Å². The number of rotatable bonds is 0. The van der Waals surface area contributed by atoms with E-state index < -0.39 is 0 Å². The molecule has 0 spiro atoms. The maximum atomic E-state index is 7.50. The average Bonchev–Trinajstić information content (AvgIpc) is 1.00. The van der Waals surface area contributed by atoms with Crippen LogP contribution in [-0.4, -0.2) is 6.79 Å². The molecule has 2 radical (unpaired) electrons. The fraction of sp³-hybridized carbons (Fsp3) is 0. The average molecular weight is 168 g/mol. The monoisotopic (exact) mass is 168 g/mol. The van der Waals surface area contributed by atoms with Crippen LogP contribution in [0.2, 0.25) is 0 Å². The summed E-state index contributed by atoms with van der Waals surface area (Å²) < 4.78 is 0. The first-order valence-electron chi connectivity index (χ1n) is 0.204. The largest absolute Gasteiger partial charge is 3.00 e. The van der Waals surface area contributed by atoms with E-state index in [2.05, 4.69) is 6.79 Å². The molecular formula is CH6OPRh. The maximum absolute atomic E-state index is 7.50. The maximum Gasteiger partial charge on any atom is 3.00 e. The van der Waals surface area contributed by atoms with Crippen LogP contribution < -0.4 is 0 Å². The first kappa shape index (κ1) is 22.0. The van der Waals surface area contributed by atoms with Gasteiger partial charge in [-0.25, -0.2) is 0 Å². The molecule has 0 aromatic carbocycles. The van der Waals surface area contributed by atoms with E-state index in [1.54, 1.807) is 0 Å². The van der Waals surface area contributed by atoms with Crippen LogP contribution in [0, 0.1) is 0 Å². The van der Waals surface area contributed by atoms with Crippen LogP contribution in [0.4, 0.5) is 0 Å². The summed E-state index contributed by atoms with van der Waals surface area (Å²) in [6, 6.07) is 0. The zero-order valence-electron chi connectivity index (χ0n) is 4.95. The fourth-order valence-electron chi connectivity index (χ4n) is 0. The van der Waals surface area contributed by atoms with Crippen molar-refractivity contribution in [3.8, 4) is 0 Å². The van der Waals surface area contributed by atoms with Crippen molar-refractivity contribution in [2.24, 2.45) is 0 Å². The smallest absolute Gasteiger partial charge is 1.00 e. The van der Waals surface area contributed by atoms with Gasteiger partial charge in [-0.2, -0.15) is 9.90 Å². The first-order chi connectivity index (χ1) is 1.00. The summed E-state index contributed by atoms with van der Waals surface area (Å²) >= 11 is 0. The van der Waals surface area contributed by atoms with Gasteiger partial charge in [0.2, 0.25) is 0 Å². The van der Waals surface area contributed by atoms with E-state index in [0.717, 1.165) is 0 Å². The molecule has 0 fully saturated rings. The molecule has 0 saturated heterocycles. The molecule has 3 heteroatoms. The van der Waals surface area contributed by atoms with E-state index in [1.807, 2.05) is 0 Å². The minimum atomic E-state index is 0. The van der Waals surface area contributed by atoms with Gasteiger partial charge in [-0.1, -0.05) is 0 Å². The quantitative estimate of drug-likeness (QED) is 0.367. The van der Waals surface area contributed by atoms with Gasteiger partial charge in [0.1, 0.15) is 0 Å². The summed E-state index contributed by atoms with van der Waals surface area (Å²) in [6.07, 6.45) is 0. The SMILES string of the molecule is P.[C]=O.[H-].[H-].[H-].[Rh+3]. The number of carbonyl (C=O) groups excluding carboxylic acids is 1. The van der Waals surface area contributed by atoms with Gasteiger partial charge in [-0.3, -0.25) is 4.79 Å². The van der Waals surface area contributed by atoms with Crippen molar-refractivity contribution in [3.05, 3.63) is 0 Å². The van der Waals surface area contributed by atoms with E-state index in [1.165, 1.54) is 0 Å². The second-order valence-corrected chi connectivity index (χ2v) is 0. The van der Waals surface area contributed by atoms with Crippen molar-refractivity contribution in [1.29, 1.82) is 0 Å². The minimum absolute atomic E-state index is 0. The summed E-state index contributed by atoms with van der Waals surface area (Å²) in [5, 5.41) is 0. The molecule has 1 unspecified atom stereocenters. The third-order valence-corrected chi connectivity index (χ3v) is 0. The van der Waals surface area contributed by atoms with E-state index in [9.17, 15) is 0 Å². The predicted octanol–water partition coefficient (Wildman–Crippen LogP) is -0.00400.